The second-order valence-corrected chi connectivity index (χ2v) is 5.03. The summed E-state index contributed by atoms with van der Waals surface area (Å²) in [5, 5.41) is 2.57. The summed E-state index contributed by atoms with van der Waals surface area (Å²) in [6.45, 7) is 5.67. The highest BCUT2D eigenvalue weighted by Gasteiger charge is 2.11. The van der Waals surface area contributed by atoms with E-state index >= 15 is 0 Å². The number of anilines is 1. The second kappa shape index (κ2) is 9.83. The maximum absolute atomic E-state index is 12.1. The lowest BCUT2D eigenvalue weighted by Gasteiger charge is -2.11. The number of amides is 1. The maximum Gasteiger partial charge on any atom is 0.338 e. The molecule has 1 N–H and O–H groups in total. The van der Waals surface area contributed by atoms with Gasteiger partial charge in [0.2, 0.25) is 0 Å². The predicted molar refractivity (Wildman–Crippen MR) is 96.5 cm³/mol. The number of para-hydroxylation sites is 2. The Morgan fingerprint density at radius 3 is 2.62 bits per heavy atom. The third kappa shape index (κ3) is 5.62. The summed E-state index contributed by atoms with van der Waals surface area (Å²) in [4.78, 5) is 27.8. The van der Waals surface area contributed by atoms with Crippen LogP contribution in [-0.4, -0.2) is 36.7 Å². The molecular weight excluding hydrogens is 336 g/mol. The number of rotatable bonds is 9. The molecule has 0 saturated heterocycles. The van der Waals surface area contributed by atoms with Crippen LogP contribution in [0.15, 0.2) is 55.3 Å². The molecule has 0 aliphatic carbocycles. The van der Waals surface area contributed by atoms with Crippen LogP contribution in [0.4, 0.5) is 5.82 Å². The number of hydrogen-bond acceptors (Lipinski definition) is 6. The average molecular weight is 356 g/mol. The molecule has 0 atom stereocenters. The number of carbonyl (C=O) groups excluding carboxylic acids is 2. The van der Waals surface area contributed by atoms with Gasteiger partial charge in [0, 0.05) is 6.20 Å². The highest BCUT2D eigenvalue weighted by Crippen LogP contribution is 2.26. The molecule has 7 heteroatoms. The van der Waals surface area contributed by atoms with Crippen LogP contribution in [-0.2, 0) is 9.53 Å². The highest BCUT2D eigenvalue weighted by atomic mass is 16.5. The minimum Gasteiger partial charge on any atom is -0.486 e. The minimum atomic E-state index is -0.477. The zero-order chi connectivity index (χ0) is 18.8. The van der Waals surface area contributed by atoms with E-state index in [2.05, 4.69) is 16.9 Å². The standard InChI is InChI=1S/C19H20N2O5/c1-3-11-25-15-7-5-6-8-16(15)26-13-18(22)21-17-12-14(9-10-20-17)19(23)24-4-2/h3,5-10,12H,1,4,11,13H2,2H3,(H,20,21,22). The Hall–Kier alpha value is -3.35. The zero-order valence-corrected chi connectivity index (χ0v) is 14.4. The van der Waals surface area contributed by atoms with E-state index < -0.39 is 11.9 Å². The molecule has 0 aliphatic rings. The quantitative estimate of drug-likeness (QED) is 0.549. The van der Waals surface area contributed by atoms with Gasteiger partial charge in [0.25, 0.3) is 5.91 Å². The normalized spacial score (nSPS) is 9.88. The van der Waals surface area contributed by atoms with Crippen molar-refractivity contribution >= 4 is 17.7 Å². The summed E-state index contributed by atoms with van der Waals surface area (Å²) < 4.78 is 15.9. The summed E-state index contributed by atoms with van der Waals surface area (Å²) in [5.74, 6) is 0.299. The Morgan fingerprint density at radius 2 is 1.92 bits per heavy atom. The lowest BCUT2D eigenvalue weighted by molar-refractivity contribution is -0.118. The molecule has 136 valence electrons. The number of nitrogens with zero attached hydrogens (tertiary/aromatic N) is 1. The Bertz CT molecular complexity index is 776. The molecular formula is C19H20N2O5. The minimum absolute atomic E-state index is 0.236. The van der Waals surface area contributed by atoms with Crippen molar-refractivity contribution in [2.75, 3.05) is 25.1 Å². The van der Waals surface area contributed by atoms with Gasteiger partial charge in [0.1, 0.15) is 12.4 Å². The average Bonchev–Trinajstić information content (AvgIpc) is 2.65. The van der Waals surface area contributed by atoms with Crippen LogP contribution in [0.2, 0.25) is 0 Å². The van der Waals surface area contributed by atoms with Gasteiger partial charge in [-0.15, -0.1) is 0 Å². The van der Waals surface area contributed by atoms with Gasteiger partial charge in [-0.25, -0.2) is 9.78 Å². The monoisotopic (exact) mass is 356 g/mol. The molecule has 7 nitrogen and oxygen atoms in total. The first-order valence-electron chi connectivity index (χ1n) is 8.02. The van der Waals surface area contributed by atoms with E-state index in [-0.39, 0.29) is 19.0 Å². The topological polar surface area (TPSA) is 86.8 Å². The number of benzene rings is 1. The van der Waals surface area contributed by atoms with E-state index in [0.29, 0.717) is 23.7 Å². The first-order valence-corrected chi connectivity index (χ1v) is 8.02. The molecule has 0 saturated carbocycles. The summed E-state index contributed by atoms with van der Waals surface area (Å²) in [6.07, 6.45) is 3.03. The molecule has 0 spiro atoms. The summed E-state index contributed by atoms with van der Waals surface area (Å²) in [7, 11) is 0. The first-order chi connectivity index (χ1) is 12.6. The molecule has 1 aromatic carbocycles. The van der Waals surface area contributed by atoms with E-state index in [1.54, 1.807) is 37.3 Å². The summed E-state index contributed by atoms with van der Waals surface area (Å²) in [6, 6.07) is 9.97. The smallest absolute Gasteiger partial charge is 0.338 e. The van der Waals surface area contributed by atoms with Gasteiger partial charge in [-0.3, -0.25) is 4.79 Å². The fraction of sp³-hybridized carbons (Fsp3) is 0.211. The molecule has 2 rings (SSSR count). The molecule has 1 aromatic heterocycles. The number of nitrogens with one attached hydrogen (secondary N) is 1. The Labute approximate surface area is 151 Å². The first kappa shape index (κ1) is 19.0. The second-order valence-electron chi connectivity index (χ2n) is 5.03. The Morgan fingerprint density at radius 1 is 1.19 bits per heavy atom. The van der Waals surface area contributed by atoms with Crippen molar-refractivity contribution in [1.82, 2.24) is 4.98 Å². The molecule has 0 fully saturated rings. The van der Waals surface area contributed by atoms with Gasteiger partial charge in [-0.2, -0.15) is 0 Å². The van der Waals surface area contributed by atoms with Crippen molar-refractivity contribution in [2.24, 2.45) is 0 Å². The third-order valence-corrected chi connectivity index (χ3v) is 3.10. The van der Waals surface area contributed by atoms with E-state index in [4.69, 9.17) is 14.2 Å². The van der Waals surface area contributed by atoms with E-state index in [0.717, 1.165) is 0 Å². The fourth-order valence-electron chi connectivity index (χ4n) is 2.00. The van der Waals surface area contributed by atoms with Gasteiger partial charge in [-0.05, 0) is 31.2 Å². The van der Waals surface area contributed by atoms with E-state index in [9.17, 15) is 9.59 Å². The summed E-state index contributed by atoms with van der Waals surface area (Å²) >= 11 is 0. The van der Waals surface area contributed by atoms with Gasteiger partial charge in [0.15, 0.2) is 18.1 Å². The van der Waals surface area contributed by atoms with Crippen molar-refractivity contribution in [2.45, 2.75) is 6.92 Å². The van der Waals surface area contributed by atoms with Gasteiger partial charge >= 0.3 is 5.97 Å². The molecule has 0 radical (unpaired) electrons. The lowest BCUT2D eigenvalue weighted by Crippen LogP contribution is -2.21. The number of carbonyl (C=O) groups is 2. The molecule has 1 heterocycles. The van der Waals surface area contributed by atoms with Crippen LogP contribution < -0.4 is 14.8 Å². The predicted octanol–water partition coefficient (Wildman–Crippen LogP) is 2.84. The number of aromatic nitrogens is 1. The zero-order valence-electron chi connectivity index (χ0n) is 14.4. The molecule has 26 heavy (non-hydrogen) atoms. The van der Waals surface area contributed by atoms with Crippen LogP contribution in [0.25, 0.3) is 0 Å². The van der Waals surface area contributed by atoms with E-state index in [1.807, 2.05) is 0 Å². The number of hydrogen-bond donors (Lipinski definition) is 1. The number of pyridine rings is 1. The largest absolute Gasteiger partial charge is 0.486 e. The van der Waals surface area contributed by atoms with Crippen molar-refractivity contribution in [1.29, 1.82) is 0 Å². The molecule has 1 amide bonds. The van der Waals surface area contributed by atoms with Gasteiger partial charge in [-0.1, -0.05) is 24.8 Å². The number of esters is 1. The number of ether oxygens (including phenoxy) is 3. The summed E-state index contributed by atoms with van der Waals surface area (Å²) in [5.41, 5.74) is 0.307. The SMILES string of the molecule is C=CCOc1ccccc1OCC(=O)Nc1cc(C(=O)OCC)ccn1. The molecule has 0 bridgehead atoms. The Balaban J connectivity index is 1.94. The van der Waals surface area contributed by atoms with Crippen LogP contribution in [0, 0.1) is 0 Å². The van der Waals surface area contributed by atoms with E-state index in [1.165, 1.54) is 18.3 Å². The molecule has 0 aliphatic heterocycles. The van der Waals surface area contributed by atoms with Crippen molar-refractivity contribution in [3.63, 3.8) is 0 Å². The van der Waals surface area contributed by atoms with Crippen molar-refractivity contribution in [3.8, 4) is 11.5 Å². The molecule has 2 aromatic rings. The lowest BCUT2D eigenvalue weighted by atomic mass is 10.2. The maximum atomic E-state index is 12.1. The van der Waals surface area contributed by atoms with Crippen molar-refractivity contribution in [3.05, 3.63) is 60.8 Å². The van der Waals surface area contributed by atoms with Gasteiger partial charge < -0.3 is 19.5 Å². The molecule has 0 unspecified atom stereocenters. The Kier molecular flexibility index (Phi) is 7.17. The third-order valence-electron chi connectivity index (χ3n) is 3.10. The van der Waals surface area contributed by atoms with Crippen LogP contribution in [0.3, 0.4) is 0 Å². The van der Waals surface area contributed by atoms with Crippen LogP contribution in [0.1, 0.15) is 17.3 Å². The van der Waals surface area contributed by atoms with Crippen LogP contribution in [0.5, 0.6) is 11.5 Å². The van der Waals surface area contributed by atoms with Crippen LogP contribution >= 0.6 is 0 Å². The van der Waals surface area contributed by atoms with Gasteiger partial charge in [0.05, 0.1) is 12.2 Å². The fourth-order valence-corrected chi connectivity index (χ4v) is 2.00. The highest BCUT2D eigenvalue weighted by molar-refractivity contribution is 5.94. The van der Waals surface area contributed by atoms with Crippen molar-refractivity contribution < 1.29 is 23.8 Å².